The van der Waals surface area contributed by atoms with Crippen LogP contribution >= 0.6 is 0 Å². The van der Waals surface area contributed by atoms with Gasteiger partial charge in [-0.2, -0.15) is 5.26 Å². The van der Waals surface area contributed by atoms with Gasteiger partial charge in [0.05, 0.1) is 24.3 Å². The van der Waals surface area contributed by atoms with Gasteiger partial charge in [0.1, 0.15) is 0 Å². The molecule has 0 radical (unpaired) electrons. The zero-order valence-electron chi connectivity index (χ0n) is 19.1. The van der Waals surface area contributed by atoms with Gasteiger partial charge in [-0.15, -0.1) is 0 Å². The first kappa shape index (κ1) is 22.0. The van der Waals surface area contributed by atoms with Gasteiger partial charge in [-0.05, 0) is 62.9 Å². The third-order valence-electron chi connectivity index (χ3n) is 6.98. The summed E-state index contributed by atoms with van der Waals surface area (Å²) >= 11 is 0. The first-order valence-electron chi connectivity index (χ1n) is 11.4. The van der Waals surface area contributed by atoms with Gasteiger partial charge in [-0.3, -0.25) is 9.69 Å². The number of hydrogen-bond donors (Lipinski definition) is 1. The smallest absolute Gasteiger partial charge is 0.178 e. The molecule has 2 saturated heterocycles. The van der Waals surface area contributed by atoms with E-state index >= 15 is 0 Å². The molecule has 2 aliphatic rings. The highest BCUT2D eigenvalue weighted by atomic mass is 28.3. The SMILES string of the molecule is Cc1c(C(=O)CN2C3CCC2[C@@H](O)C3)cc(CC[Si](C)(C)C)n1-c1ccc(C#N)cc1. The number of carbonyl (C=O) groups is 1. The third kappa shape index (κ3) is 4.41. The minimum atomic E-state index is -1.24. The van der Waals surface area contributed by atoms with Gasteiger partial charge >= 0.3 is 0 Å². The second-order valence-electron chi connectivity index (χ2n) is 10.4. The molecule has 164 valence electrons. The number of ketones is 1. The van der Waals surface area contributed by atoms with Crippen LogP contribution < -0.4 is 0 Å². The fourth-order valence-electron chi connectivity index (χ4n) is 5.25. The van der Waals surface area contributed by atoms with Crippen molar-refractivity contribution in [3.8, 4) is 11.8 Å². The molecule has 31 heavy (non-hydrogen) atoms. The molecular weight excluding hydrogens is 402 g/mol. The molecule has 0 saturated carbocycles. The van der Waals surface area contributed by atoms with Crippen LogP contribution in [-0.4, -0.2) is 53.2 Å². The number of aliphatic hydroxyl groups is 1. The van der Waals surface area contributed by atoms with E-state index in [9.17, 15) is 9.90 Å². The Morgan fingerprint density at radius 3 is 2.48 bits per heavy atom. The summed E-state index contributed by atoms with van der Waals surface area (Å²) in [5, 5.41) is 19.4. The Morgan fingerprint density at radius 2 is 1.94 bits per heavy atom. The monoisotopic (exact) mass is 435 g/mol. The van der Waals surface area contributed by atoms with Crippen LogP contribution in [0.5, 0.6) is 0 Å². The summed E-state index contributed by atoms with van der Waals surface area (Å²) in [7, 11) is -1.24. The van der Waals surface area contributed by atoms with Crippen molar-refractivity contribution in [2.75, 3.05) is 6.54 Å². The number of carbonyl (C=O) groups excluding carboxylic acids is 1. The number of fused-ring (bicyclic) bond motifs is 2. The number of Topliss-reactive ketones (excluding diaryl/α,β-unsaturated/α-hetero) is 1. The topological polar surface area (TPSA) is 69.3 Å². The van der Waals surface area contributed by atoms with Gasteiger partial charge in [-0.1, -0.05) is 25.7 Å². The van der Waals surface area contributed by atoms with Gasteiger partial charge in [0.2, 0.25) is 0 Å². The quantitative estimate of drug-likeness (QED) is 0.519. The molecule has 3 atom stereocenters. The number of aryl methyl sites for hydroxylation is 1. The van der Waals surface area contributed by atoms with Gasteiger partial charge in [0.15, 0.2) is 5.78 Å². The predicted molar refractivity (Wildman–Crippen MR) is 126 cm³/mol. The Kier molecular flexibility index (Phi) is 5.95. The summed E-state index contributed by atoms with van der Waals surface area (Å²) in [5.41, 5.74) is 4.55. The zero-order chi connectivity index (χ0) is 22.3. The standard InChI is InChI=1S/C25H33N3O2Si/c1-17-22(25(30)16-27-20-9-10-23(27)24(29)14-20)13-21(11-12-31(2,3)4)28(17)19-7-5-18(15-26)6-8-19/h5-8,13,20,23-24,29H,9-12,14,16H2,1-4H3/t20?,23?,24-/m0/s1. The van der Waals surface area contributed by atoms with Gasteiger partial charge < -0.3 is 9.67 Å². The van der Waals surface area contributed by atoms with E-state index in [1.807, 2.05) is 31.2 Å². The van der Waals surface area contributed by atoms with E-state index in [0.29, 0.717) is 18.2 Å². The summed E-state index contributed by atoms with van der Waals surface area (Å²) in [6.07, 6.45) is 3.53. The Labute approximate surface area is 186 Å². The molecule has 2 aromatic rings. The van der Waals surface area contributed by atoms with Gasteiger partial charge in [0.25, 0.3) is 0 Å². The van der Waals surface area contributed by atoms with E-state index in [4.69, 9.17) is 5.26 Å². The highest BCUT2D eigenvalue weighted by Crippen LogP contribution is 2.38. The highest BCUT2D eigenvalue weighted by molar-refractivity contribution is 6.76. The lowest BCUT2D eigenvalue weighted by Gasteiger charge is -2.21. The van der Waals surface area contributed by atoms with E-state index in [0.717, 1.165) is 54.4 Å². The third-order valence-corrected chi connectivity index (χ3v) is 8.73. The van der Waals surface area contributed by atoms with Crippen molar-refractivity contribution in [2.24, 2.45) is 0 Å². The van der Waals surface area contributed by atoms with Crippen LogP contribution in [0.2, 0.25) is 25.7 Å². The molecule has 2 aliphatic heterocycles. The van der Waals surface area contributed by atoms with Crippen LogP contribution in [-0.2, 0) is 6.42 Å². The molecule has 0 aliphatic carbocycles. The molecule has 4 rings (SSSR count). The van der Waals surface area contributed by atoms with Crippen LogP contribution in [0.25, 0.3) is 5.69 Å². The zero-order valence-corrected chi connectivity index (χ0v) is 20.1. The summed E-state index contributed by atoms with van der Waals surface area (Å²) in [6.45, 7) is 9.52. The molecule has 2 unspecified atom stereocenters. The van der Waals surface area contributed by atoms with Crippen LogP contribution in [0.3, 0.4) is 0 Å². The van der Waals surface area contributed by atoms with Crippen molar-refractivity contribution >= 4 is 13.9 Å². The Balaban J connectivity index is 1.65. The lowest BCUT2D eigenvalue weighted by Crippen LogP contribution is -2.36. The van der Waals surface area contributed by atoms with Crippen molar-refractivity contribution in [1.29, 1.82) is 5.26 Å². The predicted octanol–water partition coefficient (Wildman–Crippen LogP) is 4.32. The number of rotatable bonds is 7. The number of aliphatic hydroxyl groups excluding tert-OH is 1. The van der Waals surface area contributed by atoms with Crippen LogP contribution in [0.4, 0.5) is 0 Å². The number of aromatic nitrogens is 1. The van der Waals surface area contributed by atoms with Crippen molar-refractivity contribution in [1.82, 2.24) is 9.47 Å². The summed E-state index contributed by atoms with van der Waals surface area (Å²) in [6, 6.07) is 13.5. The highest BCUT2D eigenvalue weighted by Gasteiger charge is 2.46. The minimum absolute atomic E-state index is 0.140. The number of nitriles is 1. The average molecular weight is 436 g/mol. The van der Waals surface area contributed by atoms with Crippen LogP contribution in [0.1, 0.15) is 46.6 Å². The average Bonchev–Trinajstić information content (AvgIpc) is 3.35. The van der Waals surface area contributed by atoms with Crippen molar-refractivity contribution in [3.63, 3.8) is 0 Å². The molecule has 3 heterocycles. The number of benzene rings is 1. The van der Waals surface area contributed by atoms with Crippen molar-refractivity contribution < 1.29 is 9.90 Å². The maximum absolute atomic E-state index is 13.4. The molecule has 0 spiro atoms. The molecule has 5 nitrogen and oxygen atoms in total. The molecule has 1 N–H and O–H groups in total. The molecule has 2 bridgehead atoms. The molecule has 1 aromatic heterocycles. The van der Waals surface area contributed by atoms with Gasteiger partial charge in [0, 0.05) is 42.8 Å². The normalized spacial score (nSPS) is 23.3. The van der Waals surface area contributed by atoms with Crippen LogP contribution in [0, 0.1) is 18.3 Å². The summed E-state index contributed by atoms with van der Waals surface area (Å²) in [5.74, 6) is 0.144. The number of hydrogen-bond acceptors (Lipinski definition) is 4. The number of nitrogens with zero attached hydrogens (tertiary/aromatic N) is 3. The molecule has 0 amide bonds. The van der Waals surface area contributed by atoms with E-state index in [-0.39, 0.29) is 17.9 Å². The fraction of sp³-hybridized carbons (Fsp3) is 0.520. The first-order chi connectivity index (χ1) is 14.7. The maximum Gasteiger partial charge on any atom is 0.178 e. The second-order valence-corrected chi connectivity index (χ2v) is 16.0. The van der Waals surface area contributed by atoms with Crippen molar-refractivity contribution in [2.45, 2.75) is 76.5 Å². The van der Waals surface area contributed by atoms with E-state index in [2.05, 4.69) is 41.2 Å². The summed E-state index contributed by atoms with van der Waals surface area (Å²) in [4.78, 5) is 15.6. The van der Waals surface area contributed by atoms with Gasteiger partial charge in [-0.25, -0.2) is 0 Å². The second kappa shape index (κ2) is 8.38. The van der Waals surface area contributed by atoms with E-state index in [1.165, 1.54) is 0 Å². The lowest BCUT2D eigenvalue weighted by atomic mass is 9.98. The Hall–Kier alpha value is -2.20. The fourth-order valence-corrected chi connectivity index (χ4v) is 6.26. The lowest BCUT2D eigenvalue weighted by molar-refractivity contribution is 0.0873. The van der Waals surface area contributed by atoms with Crippen molar-refractivity contribution in [3.05, 3.63) is 52.8 Å². The van der Waals surface area contributed by atoms with E-state index in [1.54, 1.807) is 0 Å². The molecule has 2 fully saturated rings. The molecule has 6 heteroatoms. The maximum atomic E-state index is 13.4. The largest absolute Gasteiger partial charge is 0.391 e. The molecular formula is C25H33N3O2Si. The first-order valence-corrected chi connectivity index (χ1v) is 15.1. The summed E-state index contributed by atoms with van der Waals surface area (Å²) < 4.78 is 2.20. The molecule has 1 aromatic carbocycles. The van der Waals surface area contributed by atoms with Crippen LogP contribution in [0.15, 0.2) is 30.3 Å². The Morgan fingerprint density at radius 1 is 1.23 bits per heavy atom. The van der Waals surface area contributed by atoms with E-state index < -0.39 is 8.07 Å². The minimum Gasteiger partial charge on any atom is -0.391 e. The Bertz CT molecular complexity index is 1010.